The van der Waals surface area contributed by atoms with Crippen molar-refractivity contribution in [2.45, 2.75) is 45.1 Å². The van der Waals surface area contributed by atoms with Crippen molar-refractivity contribution in [3.63, 3.8) is 0 Å². The minimum Gasteiger partial charge on any atom is -0.385 e. The maximum absolute atomic E-state index is 12.8. The van der Waals surface area contributed by atoms with Crippen molar-refractivity contribution < 1.29 is 4.79 Å². The molecule has 1 saturated carbocycles. The van der Waals surface area contributed by atoms with Crippen LogP contribution in [0.3, 0.4) is 0 Å². The molecule has 1 aliphatic carbocycles. The van der Waals surface area contributed by atoms with E-state index >= 15 is 0 Å². The van der Waals surface area contributed by atoms with Gasteiger partial charge in [0.2, 0.25) is 0 Å². The smallest absolute Gasteiger partial charge is 0.275 e. The van der Waals surface area contributed by atoms with Crippen molar-refractivity contribution in [1.82, 2.24) is 14.9 Å². The lowest BCUT2D eigenvalue weighted by Crippen LogP contribution is -2.38. The normalized spacial score (nSPS) is 24.5. The zero-order valence-corrected chi connectivity index (χ0v) is 12.4. The van der Waals surface area contributed by atoms with Gasteiger partial charge in [-0.25, -0.2) is 9.97 Å². The summed E-state index contributed by atoms with van der Waals surface area (Å²) in [5, 5.41) is 3.04. The number of piperidine rings is 1. The first-order valence-corrected chi connectivity index (χ1v) is 7.45. The fourth-order valence-corrected chi connectivity index (χ4v) is 3.33. The molecule has 1 N–H and O–H groups in total. The lowest BCUT2D eigenvalue weighted by atomic mass is 10.1. The van der Waals surface area contributed by atoms with E-state index in [9.17, 15) is 4.79 Å². The Hall–Kier alpha value is -1.65. The van der Waals surface area contributed by atoms with Gasteiger partial charge in [-0.3, -0.25) is 4.79 Å². The number of carbonyl (C=O) groups excluding carboxylic acids is 1. The Morgan fingerprint density at radius 1 is 1.45 bits per heavy atom. The zero-order chi connectivity index (χ0) is 14.3. The maximum Gasteiger partial charge on any atom is 0.275 e. The number of hydrogen-bond donors (Lipinski definition) is 1. The molecule has 3 rings (SSSR count). The fourth-order valence-electron chi connectivity index (χ4n) is 3.33. The molecule has 2 heterocycles. The van der Waals surface area contributed by atoms with Crippen LogP contribution in [-0.4, -0.2) is 40.4 Å². The van der Waals surface area contributed by atoms with E-state index in [0.29, 0.717) is 17.7 Å². The third-order valence-electron chi connectivity index (χ3n) is 4.47. The van der Waals surface area contributed by atoms with Crippen molar-refractivity contribution in [2.24, 2.45) is 5.92 Å². The second kappa shape index (κ2) is 5.04. The number of rotatable bonds is 3. The van der Waals surface area contributed by atoms with Crippen LogP contribution >= 0.6 is 0 Å². The molecule has 0 aromatic carbocycles. The molecule has 2 bridgehead atoms. The number of amides is 1. The molecule has 2 fully saturated rings. The van der Waals surface area contributed by atoms with Gasteiger partial charge in [0, 0.05) is 25.6 Å². The van der Waals surface area contributed by atoms with Crippen molar-refractivity contribution >= 4 is 11.6 Å². The van der Waals surface area contributed by atoms with Gasteiger partial charge in [-0.1, -0.05) is 13.8 Å². The summed E-state index contributed by atoms with van der Waals surface area (Å²) in [5.74, 6) is 1.72. The molecule has 108 valence electrons. The molecule has 1 amide bonds. The van der Waals surface area contributed by atoms with E-state index in [1.165, 1.54) is 12.8 Å². The summed E-state index contributed by atoms with van der Waals surface area (Å²) in [6.07, 6.45) is 5.31. The molecule has 1 aliphatic heterocycles. The van der Waals surface area contributed by atoms with E-state index in [2.05, 4.69) is 15.3 Å². The van der Waals surface area contributed by atoms with Crippen LogP contribution in [0.1, 0.15) is 55.3 Å². The zero-order valence-electron chi connectivity index (χ0n) is 12.4. The molecular weight excluding hydrogens is 252 g/mol. The Morgan fingerprint density at radius 2 is 2.25 bits per heavy atom. The lowest BCUT2D eigenvalue weighted by molar-refractivity contribution is 0.0698. The van der Waals surface area contributed by atoms with Crippen molar-refractivity contribution in [2.75, 3.05) is 18.9 Å². The number of aromatic nitrogens is 2. The van der Waals surface area contributed by atoms with Gasteiger partial charge in [0.25, 0.3) is 5.91 Å². The minimum atomic E-state index is 0.0610. The van der Waals surface area contributed by atoms with E-state index in [-0.39, 0.29) is 11.8 Å². The lowest BCUT2D eigenvalue weighted by Gasteiger charge is -2.27. The molecule has 20 heavy (non-hydrogen) atoms. The number of fused-ring (bicyclic) bond motifs is 2. The minimum absolute atomic E-state index is 0.0610. The van der Waals surface area contributed by atoms with Crippen LogP contribution in [0.25, 0.3) is 0 Å². The van der Waals surface area contributed by atoms with Gasteiger partial charge in [0.15, 0.2) is 5.69 Å². The number of nitrogens with zero attached hydrogens (tertiary/aromatic N) is 3. The second-order valence-corrected chi connectivity index (χ2v) is 6.19. The molecule has 2 aliphatic rings. The van der Waals surface area contributed by atoms with Crippen LogP contribution in [0, 0.1) is 5.92 Å². The topological polar surface area (TPSA) is 58.1 Å². The van der Waals surface area contributed by atoms with Crippen molar-refractivity contribution in [1.29, 1.82) is 0 Å². The van der Waals surface area contributed by atoms with E-state index in [4.69, 9.17) is 0 Å². The highest BCUT2D eigenvalue weighted by Gasteiger charge is 2.41. The van der Waals surface area contributed by atoms with E-state index in [0.717, 1.165) is 24.5 Å². The van der Waals surface area contributed by atoms with E-state index in [1.54, 1.807) is 13.2 Å². The van der Waals surface area contributed by atoms with Gasteiger partial charge in [-0.15, -0.1) is 0 Å². The molecule has 5 nitrogen and oxygen atoms in total. The van der Waals surface area contributed by atoms with Crippen LogP contribution in [-0.2, 0) is 0 Å². The standard InChI is InChI=1S/C15H22N4O/c1-9(2)14-17-7-12(16-3)13(18-14)15(20)19-8-10-4-5-11(19)6-10/h7,9-11,16H,4-6,8H2,1-3H3. The van der Waals surface area contributed by atoms with Crippen LogP contribution in [0.5, 0.6) is 0 Å². The van der Waals surface area contributed by atoms with Gasteiger partial charge >= 0.3 is 0 Å². The van der Waals surface area contributed by atoms with Crippen LogP contribution in [0.2, 0.25) is 0 Å². The Balaban J connectivity index is 1.91. The summed E-state index contributed by atoms with van der Waals surface area (Å²) in [4.78, 5) is 23.6. The predicted molar refractivity (Wildman–Crippen MR) is 77.8 cm³/mol. The largest absolute Gasteiger partial charge is 0.385 e. The SMILES string of the molecule is CNc1cnc(C(C)C)nc1C(=O)N1CC2CCC1C2. The molecule has 1 saturated heterocycles. The summed E-state index contributed by atoms with van der Waals surface area (Å²) < 4.78 is 0. The average molecular weight is 274 g/mol. The highest BCUT2D eigenvalue weighted by atomic mass is 16.2. The quantitative estimate of drug-likeness (QED) is 0.918. The third kappa shape index (κ3) is 2.15. The molecular formula is C15H22N4O. The van der Waals surface area contributed by atoms with Gasteiger partial charge in [0.05, 0.1) is 11.9 Å². The third-order valence-corrected chi connectivity index (χ3v) is 4.47. The first-order valence-electron chi connectivity index (χ1n) is 7.45. The average Bonchev–Trinajstić information content (AvgIpc) is 3.08. The number of nitrogens with one attached hydrogen (secondary N) is 1. The van der Waals surface area contributed by atoms with Gasteiger partial charge in [-0.05, 0) is 25.2 Å². The fraction of sp³-hybridized carbons (Fsp3) is 0.667. The van der Waals surface area contributed by atoms with E-state index in [1.807, 2.05) is 18.7 Å². The molecule has 1 aromatic heterocycles. The summed E-state index contributed by atoms with van der Waals surface area (Å²) in [7, 11) is 1.81. The van der Waals surface area contributed by atoms with Crippen LogP contribution in [0.15, 0.2) is 6.20 Å². The summed E-state index contributed by atoms with van der Waals surface area (Å²) in [6, 6.07) is 0.426. The Kier molecular flexibility index (Phi) is 3.36. The predicted octanol–water partition coefficient (Wildman–Crippen LogP) is 2.27. The summed E-state index contributed by atoms with van der Waals surface area (Å²) in [5.41, 5.74) is 1.25. The highest BCUT2D eigenvalue weighted by molar-refractivity contribution is 5.97. The number of anilines is 1. The second-order valence-electron chi connectivity index (χ2n) is 6.19. The van der Waals surface area contributed by atoms with Crippen LogP contribution in [0.4, 0.5) is 5.69 Å². The molecule has 0 radical (unpaired) electrons. The molecule has 2 atom stereocenters. The molecule has 2 unspecified atom stereocenters. The first-order chi connectivity index (χ1) is 9.60. The number of likely N-dealkylation sites (tertiary alicyclic amines) is 1. The first kappa shape index (κ1) is 13.3. The van der Waals surface area contributed by atoms with Gasteiger partial charge in [-0.2, -0.15) is 0 Å². The van der Waals surface area contributed by atoms with Gasteiger partial charge < -0.3 is 10.2 Å². The molecule has 1 aromatic rings. The van der Waals surface area contributed by atoms with E-state index < -0.39 is 0 Å². The summed E-state index contributed by atoms with van der Waals surface area (Å²) >= 11 is 0. The Bertz CT molecular complexity index is 529. The highest BCUT2D eigenvalue weighted by Crippen LogP contribution is 2.38. The van der Waals surface area contributed by atoms with Crippen molar-refractivity contribution in [3.05, 3.63) is 17.7 Å². The molecule has 0 spiro atoms. The molecule has 5 heteroatoms. The Morgan fingerprint density at radius 3 is 2.80 bits per heavy atom. The number of carbonyl (C=O) groups is 1. The van der Waals surface area contributed by atoms with Crippen molar-refractivity contribution in [3.8, 4) is 0 Å². The number of hydrogen-bond acceptors (Lipinski definition) is 4. The van der Waals surface area contributed by atoms with Crippen LogP contribution < -0.4 is 5.32 Å². The monoisotopic (exact) mass is 274 g/mol. The Labute approximate surface area is 119 Å². The maximum atomic E-state index is 12.8. The summed E-state index contributed by atoms with van der Waals surface area (Å²) in [6.45, 7) is 4.98. The van der Waals surface area contributed by atoms with Gasteiger partial charge in [0.1, 0.15) is 5.82 Å².